The second kappa shape index (κ2) is 5.26. The summed E-state index contributed by atoms with van der Waals surface area (Å²) in [6.45, 7) is 0. The molecule has 1 N–H and O–H groups in total. The fraction of sp³-hybridized carbons (Fsp3) is 0.0714. The molecule has 0 aliphatic heterocycles. The van der Waals surface area contributed by atoms with Crippen molar-refractivity contribution in [2.24, 2.45) is 0 Å². The summed E-state index contributed by atoms with van der Waals surface area (Å²) in [6.07, 6.45) is 3.47. The predicted octanol–water partition coefficient (Wildman–Crippen LogP) is 3.00. The summed E-state index contributed by atoms with van der Waals surface area (Å²) in [7, 11) is 1.63. The first kappa shape index (κ1) is 12.6. The topological polar surface area (TPSA) is 55.7 Å². The third-order valence-electron chi connectivity index (χ3n) is 2.90. The molecule has 0 amide bonds. The SMILES string of the molecule is COc1cccc(-n2c(-c3cccnc3)n[nH]c2=S)c1. The van der Waals surface area contributed by atoms with Gasteiger partial charge in [-0.15, -0.1) is 0 Å². The zero-order chi connectivity index (χ0) is 13.9. The van der Waals surface area contributed by atoms with Crippen molar-refractivity contribution in [1.29, 1.82) is 0 Å². The summed E-state index contributed by atoms with van der Waals surface area (Å²) in [5.41, 5.74) is 1.78. The normalized spacial score (nSPS) is 10.4. The lowest BCUT2D eigenvalue weighted by Gasteiger charge is -2.08. The minimum absolute atomic E-state index is 0.525. The Kier molecular flexibility index (Phi) is 3.30. The van der Waals surface area contributed by atoms with E-state index in [2.05, 4.69) is 15.2 Å². The summed E-state index contributed by atoms with van der Waals surface area (Å²) in [4.78, 5) is 4.11. The van der Waals surface area contributed by atoms with Crippen molar-refractivity contribution in [3.05, 3.63) is 53.6 Å². The van der Waals surface area contributed by atoms with E-state index in [9.17, 15) is 0 Å². The van der Waals surface area contributed by atoms with Crippen molar-refractivity contribution in [3.63, 3.8) is 0 Å². The van der Waals surface area contributed by atoms with E-state index in [0.29, 0.717) is 4.77 Å². The predicted molar refractivity (Wildman–Crippen MR) is 78.5 cm³/mol. The summed E-state index contributed by atoms with van der Waals surface area (Å²) in [6, 6.07) is 11.5. The molecule has 1 aromatic carbocycles. The van der Waals surface area contributed by atoms with E-state index >= 15 is 0 Å². The number of benzene rings is 1. The van der Waals surface area contributed by atoms with Crippen LogP contribution in [0.2, 0.25) is 0 Å². The molecule has 3 rings (SSSR count). The average Bonchev–Trinajstić information content (AvgIpc) is 2.90. The van der Waals surface area contributed by atoms with Gasteiger partial charge in [-0.05, 0) is 36.5 Å². The number of H-pyrrole nitrogens is 1. The molecule has 0 bridgehead atoms. The Morgan fingerprint density at radius 3 is 2.90 bits per heavy atom. The number of hydrogen-bond acceptors (Lipinski definition) is 4. The van der Waals surface area contributed by atoms with E-state index in [4.69, 9.17) is 17.0 Å². The Morgan fingerprint density at radius 2 is 2.15 bits per heavy atom. The molecule has 0 spiro atoms. The molecule has 6 heteroatoms. The summed E-state index contributed by atoms with van der Waals surface area (Å²) < 4.78 is 7.63. The largest absolute Gasteiger partial charge is 0.497 e. The second-order valence-corrected chi connectivity index (χ2v) is 4.52. The molecule has 20 heavy (non-hydrogen) atoms. The number of hydrogen-bond donors (Lipinski definition) is 1. The maximum absolute atomic E-state index is 5.32. The van der Waals surface area contributed by atoms with Crippen LogP contribution in [0, 0.1) is 4.77 Å². The van der Waals surface area contributed by atoms with Crippen LogP contribution in [0.4, 0.5) is 0 Å². The van der Waals surface area contributed by atoms with Crippen LogP contribution in [-0.4, -0.2) is 26.9 Å². The highest BCUT2D eigenvalue weighted by Gasteiger charge is 2.11. The zero-order valence-corrected chi connectivity index (χ0v) is 11.6. The molecule has 3 aromatic rings. The van der Waals surface area contributed by atoms with Crippen molar-refractivity contribution in [2.75, 3.05) is 7.11 Å². The van der Waals surface area contributed by atoms with Gasteiger partial charge in [0.05, 0.1) is 12.8 Å². The molecule has 0 saturated carbocycles. The Hall–Kier alpha value is -2.47. The number of ether oxygens (including phenoxy) is 1. The van der Waals surface area contributed by atoms with Crippen LogP contribution in [0.15, 0.2) is 48.8 Å². The van der Waals surface area contributed by atoms with Gasteiger partial charge in [0.2, 0.25) is 0 Å². The lowest BCUT2D eigenvalue weighted by molar-refractivity contribution is 0.414. The molecule has 0 unspecified atom stereocenters. The smallest absolute Gasteiger partial charge is 0.200 e. The Balaban J connectivity index is 2.19. The highest BCUT2D eigenvalue weighted by molar-refractivity contribution is 7.71. The van der Waals surface area contributed by atoms with Crippen LogP contribution in [0.1, 0.15) is 0 Å². The fourth-order valence-corrected chi connectivity index (χ4v) is 2.21. The van der Waals surface area contributed by atoms with Crippen LogP contribution in [0.5, 0.6) is 5.75 Å². The number of methoxy groups -OCH3 is 1. The van der Waals surface area contributed by atoms with Crippen LogP contribution in [0.3, 0.4) is 0 Å². The molecule has 0 aliphatic rings. The van der Waals surface area contributed by atoms with Crippen LogP contribution >= 0.6 is 12.2 Å². The molecule has 2 heterocycles. The van der Waals surface area contributed by atoms with E-state index < -0.39 is 0 Å². The first-order valence-corrected chi connectivity index (χ1v) is 6.42. The lowest BCUT2D eigenvalue weighted by Crippen LogP contribution is -1.98. The van der Waals surface area contributed by atoms with Crippen molar-refractivity contribution in [1.82, 2.24) is 19.7 Å². The van der Waals surface area contributed by atoms with Gasteiger partial charge >= 0.3 is 0 Å². The minimum atomic E-state index is 0.525. The maximum atomic E-state index is 5.32. The monoisotopic (exact) mass is 284 g/mol. The van der Waals surface area contributed by atoms with Gasteiger partial charge in [0.15, 0.2) is 10.6 Å². The fourth-order valence-electron chi connectivity index (χ4n) is 1.97. The lowest BCUT2D eigenvalue weighted by atomic mass is 10.2. The first-order chi connectivity index (χ1) is 9.79. The summed E-state index contributed by atoms with van der Waals surface area (Å²) >= 11 is 5.32. The van der Waals surface area contributed by atoms with Crippen molar-refractivity contribution < 1.29 is 4.74 Å². The molecule has 0 atom stereocenters. The van der Waals surface area contributed by atoms with E-state index in [0.717, 1.165) is 22.8 Å². The second-order valence-electron chi connectivity index (χ2n) is 4.13. The first-order valence-electron chi connectivity index (χ1n) is 6.02. The zero-order valence-electron chi connectivity index (χ0n) is 10.8. The van der Waals surface area contributed by atoms with Gasteiger partial charge in [-0.1, -0.05) is 6.07 Å². The quantitative estimate of drug-likeness (QED) is 0.751. The number of nitrogens with zero attached hydrogens (tertiary/aromatic N) is 3. The molecule has 2 aromatic heterocycles. The van der Waals surface area contributed by atoms with Crippen LogP contribution in [-0.2, 0) is 0 Å². The third kappa shape index (κ3) is 2.21. The van der Waals surface area contributed by atoms with Gasteiger partial charge in [-0.2, -0.15) is 5.10 Å². The van der Waals surface area contributed by atoms with Gasteiger partial charge < -0.3 is 4.74 Å². The molecule has 0 saturated heterocycles. The molecular weight excluding hydrogens is 272 g/mol. The van der Waals surface area contributed by atoms with Crippen LogP contribution in [0.25, 0.3) is 17.1 Å². The molecule has 0 fully saturated rings. The van der Waals surface area contributed by atoms with Crippen molar-refractivity contribution in [2.45, 2.75) is 0 Å². The number of aromatic amines is 1. The van der Waals surface area contributed by atoms with Crippen molar-refractivity contribution in [3.8, 4) is 22.8 Å². The number of rotatable bonds is 3. The van der Waals surface area contributed by atoms with Gasteiger partial charge in [0.1, 0.15) is 5.75 Å². The highest BCUT2D eigenvalue weighted by Crippen LogP contribution is 2.23. The maximum Gasteiger partial charge on any atom is 0.200 e. The highest BCUT2D eigenvalue weighted by atomic mass is 32.1. The van der Waals surface area contributed by atoms with Crippen LogP contribution < -0.4 is 4.74 Å². The van der Waals surface area contributed by atoms with E-state index in [1.54, 1.807) is 19.5 Å². The molecular formula is C14H12N4OS. The molecule has 0 aliphatic carbocycles. The number of pyridine rings is 1. The van der Waals surface area contributed by atoms with Gasteiger partial charge in [-0.25, -0.2) is 0 Å². The van der Waals surface area contributed by atoms with E-state index in [1.165, 1.54) is 0 Å². The Morgan fingerprint density at radius 1 is 1.25 bits per heavy atom. The van der Waals surface area contributed by atoms with Gasteiger partial charge in [0, 0.05) is 24.0 Å². The standard InChI is InChI=1S/C14H12N4OS/c1-19-12-6-2-5-11(8-12)18-13(16-17-14(18)20)10-4-3-7-15-9-10/h2-9H,1H3,(H,17,20). The molecule has 100 valence electrons. The number of aromatic nitrogens is 4. The minimum Gasteiger partial charge on any atom is -0.497 e. The van der Waals surface area contributed by atoms with Gasteiger partial charge in [0.25, 0.3) is 0 Å². The Labute approximate surface area is 120 Å². The number of nitrogens with one attached hydrogen (secondary N) is 1. The molecule has 5 nitrogen and oxygen atoms in total. The Bertz CT molecular complexity index is 779. The van der Waals surface area contributed by atoms with E-state index in [1.807, 2.05) is 41.0 Å². The summed E-state index contributed by atoms with van der Waals surface area (Å²) in [5, 5.41) is 7.10. The van der Waals surface area contributed by atoms with Gasteiger partial charge in [-0.3, -0.25) is 14.6 Å². The summed E-state index contributed by atoms with van der Waals surface area (Å²) in [5.74, 6) is 1.49. The third-order valence-corrected chi connectivity index (χ3v) is 3.18. The average molecular weight is 284 g/mol. The van der Waals surface area contributed by atoms with E-state index in [-0.39, 0.29) is 0 Å². The molecule has 0 radical (unpaired) electrons. The van der Waals surface area contributed by atoms with Crippen molar-refractivity contribution >= 4 is 12.2 Å².